The van der Waals surface area contributed by atoms with Gasteiger partial charge in [0, 0.05) is 13.0 Å². The van der Waals surface area contributed by atoms with E-state index < -0.39 is 20.2 Å². The van der Waals surface area contributed by atoms with E-state index in [0.717, 1.165) is 12.8 Å². The standard InChI is InChI=1S/C21H44NO2.C3H9NO3S/c1-3-5-6-7-8-9-10-11-12-13-14-15-16-17-18-19-20-21-22(23,24)4-2;1-3(2-4)8(5,6)7/h11-12,23-24H,3-10,13-21H2,1-2H3;3H,2,4H2,1H3,(H,5,6,7)/q+1;/p-1/b12-11-;. The Kier molecular flexibility index (Phi) is 23.4. The molecule has 0 aliphatic carbocycles. The lowest BCUT2D eigenvalue weighted by molar-refractivity contribution is -1.24. The molecule has 0 aromatic heterocycles. The van der Waals surface area contributed by atoms with Crippen LogP contribution in [0.2, 0.25) is 0 Å². The van der Waals surface area contributed by atoms with E-state index in [9.17, 15) is 23.4 Å². The third-order valence-corrected chi connectivity index (χ3v) is 6.79. The molecule has 1 atom stereocenters. The van der Waals surface area contributed by atoms with E-state index in [4.69, 9.17) is 5.73 Å². The van der Waals surface area contributed by atoms with Crippen molar-refractivity contribution in [2.24, 2.45) is 5.73 Å². The molecule has 1 unspecified atom stereocenters. The largest absolute Gasteiger partial charge is 0.748 e. The van der Waals surface area contributed by atoms with E-state index in [0.29, 0.717) is 13.1 Å². The molecule has 0 aromatic carbocycles. The fourth-order valence-corrected chi connectivity index (χ4v) is 3.30. The Bertz CT molecular complexity index is 524. The van der Waals surface area contributed by atoms with Gasteiger partial charge in [-0.1, -0.05) is 76.9 Å². The van der Waals surface area contributed by atoms with Gasteiger partial charge in [0.25, 0.3) is 0 Å². The fraction of sp³-hybridized carbons (Fsp3) is 0.917. The minimum Gasteiger partial charge on any atom is -0.748 e. The number of nitrogens with zero attached hydrogens (tertiary/aromatic N) is 1. The number of hydrogen-bond acceptors (Lipinski definition) is 6. The Morgan fingerprint density at radius 1 is 0.812 bits per heavy atom. The molecule has 4 N–H and O–H groups in total. The van der Waals surface area contributed by atoms with E-state index in [1.165, 1.54) is 90.4 Å². The summed E-state index contributed by atoms with van der Waals surface area (Å²) in [4.78, 5) is -0.814. The van der Waals surface area contributed by atoms with Crippen molar-refractivity contribution in [2.45, 2.75) is 122 Å². The highest BCUT2D eigenvalue weighted by Crippen LogP contribution is 2.11. The highest BCUT2D eigenvalue weighted by molar-refractivity contribution is 7.86. The highest BCUT2D eigenvalue weighted by Gasteiger charge is 2.17. The minimum absolute atomic E-state index is 0.105. The topological polar surface area (TPSA) is 124 Å². The van der Waals surface area contributed by atoms with Crippen molar-refractivity contribution in [3.63, 3.8) is 0 Å². The Morgan fingerprint density at radius 2 is 1.22 bits per heavy atom. The van der Waals surface area contributed by atoms with Gasteiger partial charge >= 0.3 is 0 Å². The Morgan fingerprint density at radius 3 is 1.56 bits per heavy atom. The molecular weight excluding hydrogens is 428 g/mol. The molecule has 0 saturated carbocycles. The molecule has 7 nitrogen and oxygen atoms in total. The number of hydrogen-bond donors (Lipinski definition) is 3. The zero-order valence-corrected chi connectivity index (χ0v) is 21.8. The number of unbranched alkanes of at least 4 members (excludes halogenated alkanes) is 13. The van der Waals surface area contributed by atoms with E-state index in [2.05, 4.69) is 19.1 Å². The highest BCUT2D eigenvalue weighted by atomic mass is 32.2. The number of hydroxylamine groups is 4. The number of nitrogens with two attached hydrogens (primary N) is 1. The van der Waals surface area contributed by atoms with Crippen LogP contribution in [0.15, 0.2) is 12.2 Å². The fourth-order valence-electron chi connectivity index (χ4n) is 3.07. The van der Waals surface area contributed by atoms with Crippen LogP contribution in [0.25, 0.3) is 0 Å². The Labute approximate surface area is 198 Å². The molecule has 8 heteroatoms. The first-order valence-electron chi connectivity index (χ1n) is 12.7. The number of allylic oxidation sites excluding steroid dienone is 2. The predicted octanol–water partition coefficient (Wildman–Crippen LogP) is 5.91. The molecule has 0 spiro atoms. The maximum atomic E-state index is 9.93. The van der Waals surface area contributed by atoms with Gasteiger partial charge in [0.2, 0.25) is 0 Å². The molecule has 0 amide bonds. The zero-order valence-electron chi connectivity index (χ0n) is 21.0. The average Bonchev–Trinajstić information content (AvgIpc) is 2.75. The minimum atomic E-state index is -4.13. The predicted molar refractivity (Wildman–Crippen MR) is 132 cm³/mol. The third-order valence-electron chi connectivity index (χ3n) is 5.61. The summed E-state index contributed by atoms with van der Waals surface area (Å²) in [6.07, 6.45) is 24.1. The van der Waals surface area contributed by atoms with Crippen LogP contribution >= 0.6 is 0 Å². The summed E-state index contributed by atoms with van der Waals surface area (Å²) in [5.74, 6) is 0. The maximum Gasteiger partial charge on any atom is 0.142 e. The van der Waals surface area contributed by atoms with E-state index in [1.54, 1.807) is 6.92 Å². The maximum absolute atomic E-state index is 9.93. The molecule has 0 aromatic rings. The quantitative estimate of drug-likeness (QED) is 0.0654. The van der Waals surface area contributed by atoms with Crippen LogP contribution in [0.4, 0.5) is 0 Å². The van der Waals surface area contributed by atoms with E-state index >= 15 is 0 Å². The summed E-state index contributed by atoms with van der Waals surface area (Å²) < 4.78 is 29.8. The van der Waals surface area contributed by atoms with E-state index in [-0.39, 0.29) is 6.54 Å². The average molecular weight is 481 g/mol. The summed E-state index contributed by atoms with van der Waals surface area (Å²) in [6, 6.07) is 0. The molecule has 0 bridgehead atoms. The molecule has 32 heavy (non-hydrogen) atoms. The van der Waals surface area contributed by atoms with Crippen LogP contribution in [-0.2, 0) is 10.1 Å². The normalized spacial score (nSPS) is 13.2. The van der Waals surface area contributed by atoms with Crippen molar-refractivity contribution in [3.8, 4) is 0 Å². The lowest BCUT2D eigenvalue weighted by atomic mass is 10.1. The van der Waals surface area contributed by atoms with Gasteiger partial charge in [-0.2, -0.15) is 10.4 Å². The zero-order chi connectivity index (χ0) is 24.7. The van der Waals surface area contributed by atoms with Gasteiger partial charge in [0.15, 0.2) is 0 Å². The van der Waals surface area contributed by atoms with Crippen molar-refractivity contribution in [2.75, 3.05) is 19.6 Å². The Hall–Kier alpha value is -0.510. The molecule has 0 saturated heterocycles. The molecule has 194 valence electrons. The summed E-state index contributed by atoms with van der Waals surface area (Å²) in [7, 11) is -4.13. The van der Waals surface area contributed by atoms with Crippen LogP contribution in [0.5, 0.6) is 0 Å². The van der Waals surface area contributed by atoms with Gasteiger partial charge < -0.3 is 10.3 Å². The molecular formula is C24H52N2O5S. The van der Waals surface area contributed by atoms with Crippen molar-refractivity contribution in [1.82, 2.24) is 0 Å². The van der Waals surface area contributed by atoms with Gasteiger partial charge in [-0.3, -0.25) is 0 Å². The van der Waals surface area contributed by atoms with Crippen LogP contribution in [0.3, 0.4) is 0 Å². The van der Waals surface area contributed by atoms with Gasteiger partial charge in [0.05, 0.1) is 15.4 Å². The molecule has 0 aliphatic heterocycles. The second-order valence-corrected chi connectivity index (χ2v) is 10.5. The van der Waals surface area contributed by atoms with Crippen molar-refractivity contribution in [3.05, 3.63) is 12.2 Å². The first-order chi connectivity index (χ1) is 15.1. The van der Waals surface area contributed by atoms with Crippen LogP contribution in [0.1, 0.15) is 117 Å². The van der Waals surface area contributed by atoms with Crippen LogP contribution in [0, 0.1) is 0 Å². The first kappa shape index (κ1) is 33.7. The second kappa shape index (κ2) is 22.3. The summed E-state index contributed by atoms with van der Waals surface area (Å²) in [6.45, 7) is 6.06. The van der Waals surface area contributed by atoms with Crippen molar-refractivity contribution < 1.29 is 28.2 Å². The number of quaternary nitrogens is 1. The van der Waals surface area contributed by atoms with Crippen molar-refractivity contribution in [1.29, 1.82) is 0 Å². The lowest BCUT2D eigenvalue weighted by Gasteiger charge is -2.18. The molecule has 0 rings (SSSR count). The monoisotopic (exact) mass is 480 g/mol. The summed E-state index contributed by atoms with van der Waals surface area (Å²) in [5.41, 5.74) is 4.88. The van der Waals surface area contributed by atoms with E-state index in [1.807, 2.05) is 0 Å². The van der Waals surface area contributed by atoms with Crippen LogP contribution in [-0.4, -0.2) is 53.1 Å². The van der Waals surface area contributed by atoms with Gasteiger partial charge in [-0.25, -0.2) is 8.42 Å². The lowest BCUT2D eigenvalue weighted by Crippen LogP contribution is -2.41. The first-order valence-corrected chi connectivity index (χ1v) is 14.2. The van der Waals surface area contributed by atoms with Crippen LogP contribution < -0.4 is 5.73 Å². The summed E-state index contributed by atoms with van der Waals surface area (Å²) >= 11 is 0. The molecule has 0 radical (unpaired) electrons. The van der Waals surface area contributed by atoms with Gasteiger partial charge in [0.1, 0.15) is 13.1 Å². The number of rotatable bonds is 20. The molecule has 0 aliphatic rings. The summed E-state index contributed by atoms with van der Waals surface area (Å²) in [5, 5.41) is 17.9. The SMILES string of the molecule is CC(CN)S(=O)(=O)[O-].CCCCCCCC/C=C\CCCCCCCCC[N+](O)(O)CC. The van der Waals surface area contributed by atoms with Gasteiger partial charge in [-0.15, -0.1) is 0 Å². The Balaban J connectivity index is 0. The molecule has 0 fully saturated rings. The molecule has 0 heterocycles. The van der Waals surface area contributed by atoms with Gasteiger partial charge in [-0.05, 0) is 50.8 Å². The smallest absolute Gasteiger partial charge is 0.142 e. The van der Waals surface area contributed by atoms with Crippen molar-refractivity contribution >= 4 is 10.1 Å². The second-order valence-electron chi connectivity index (χ2n) is 8.75. The third kappa shape index (κ3) is 25.7.